The lowest BCUT2D eigenvalue weighted by molar-refractivity contribution is 0.0691. The van der Waals surface area contributed by atoms with Gasteiger partial charge in [0.05, 0.1) is 22.8 Å². The van der Waals surface area contributed by atoms with Crippen molar-refractivity contribution in [3.05, 3.63) is 38.8 Å². The third-order valence-corrected chi connectivity index (χ3v) is 7.14. The van der Waals surface area contributed by atoms with E-state index in [1.807, 2.05) is 9.58 Å². The summed E-state index contributed by atoms with van der Waals surface area (Å²) in [6.45, 7) is 5.44. The number of thiophene rings is 1. The molecular formula is C20H25N3O3S. The van der Waals surface area contributed by atoms with Crippen molar-refractivity contribution in [2.75, 3.05) is 13.1 Å². The second-order valence-electron chi connectivity index (χ2n) is 7.82. The number of aromatic nitrogens is 2. The van der Waals surface area contributed by atoms with Gasteiger partial charge in [-0.15, -0.1) is 11.3 Å². The summed E-state index contributed by atoms with van der Waals surface area (Å²) in [5.41, 5.74) is 2.31. The number of nitrogens with zero attached hydrogens (tertiary/aromatic N) is 3. The predicted octanol–water partition coefficient (Wildman–Crippen LogP) is 3.55. The summed E-state index contributed by atoms with van der Waals surface area (Å²) in [5, 5.41) is 13.5. The van der Waals surface area contributed by atoms with Gasteiger partial charge in [0.15, 0.2) is 0 Å². The lowest BCUT2D eigenvalue weighted by atomic mass is 9.90. The Morgan fingerprint density at radius 2 is 2.00 bits per heavy atom. The highest BCUT2D eigenvalue weighted by Crippen LogP contribution is 2.33. The van der Waals surface area contributed by atoms with Crippen molar-refractivity contribution < 1.29 is 14.7 Å². The molecule has 144 valence electrons. The fourth-order valence-electron chi connectivity index (χ4n) is 4.28. The first kappa shape index (κ1) is 18.2. The second kappa shape index (κ2) is 7.11. The Balaban J connectivity index is 1.42. The Morgan fingerprint density at radius 1 is 1.26 bits per heavy atom. The summed E-state index contributed by atoms with van der Waals surface area (Å²) in [4.78, 5) is 28.4. The molecule has 0 bridgehead atoms. The lowest BCUT2D eigenvalue weighted by Gasteiger charge is -2.32. The molecule has 6 nitrogen and oxygen atoms in total. The third kappa shape index (κ3) is 3.40. The van der Waals surface area contributed by atoms with E-state index in [1.165, 1.54) is 23.1 Å². The van der Waals surface area contributed by atoms with Crippen molar-refractivity contribution in [2.24, 2.45) is 5.92 Å². The molecule has 1 atom stereocenters. The van der Waals surface area contributed by atoms with E-state index in [9.17, 15) is 14.7 Å². The van der Waals surface area contributed by atoms with Gasteiger partial charge in [0.1, 0.15) is 5.56 Å². The van der Waals surface area contributed by atoms with E-state index in [4.69, 9.17) is 0 Å². The molecule has 27 heavy (non-hydrogen) atoms. The van der Waals surface area contributed by atoms with E-state index in [0.717, 1.165) is 30.6 Å². The van der Waals surface area contributed by atoms with Crippen LogP contribution in [0.1, 0.15) is 68.4 Å². The Bertz CT molecular complexity index is 877. The molecule has 2 aromatic heterocycles. The first-order chi connectivity index (χ1) is 12.9. The number of carboxylic acid groups (broad SMARTS) is 1. The number of hydrogen-bond acceptors (Lipinski definition) is 4. The number of fused-ring (bicyclic) bond motifs is 1. The minimum Gasteiger partial charge on any atom is -0.478 e. The summed E-state index contributed by atoms with van der Waals surface area (Å²) in [6.07, 6.45) is 6.43. The molecule has 1 aliphatic carbocycles. The first-order valence-electron chi connectivity index (χ1n) is 9.62. The van der Waals surface area contributed by atoms with E-state index in [2.05, 4.69) is 18.1 Å². The average molecular weight is 388 g/mol. The van der Waals surface area contributed by atoms with Gasteiger partial charge in [-0.2, -0.15) is 5.10 Å². The maximum atomic E-state index is 12.9. The van der Waals surface area contributed by atoms with E-state index in [1.54, 1.807) is 18.3 Å². The molecule has 0 saturated carbocycles. The van der Waals surface area contributed by atoms with Crippen molar-refractivity contribution in [1.29, 1.82) is 0 Å². The molecular weight excluding hydrogens is 362 g/mol. The molecule has 2 aromatic rings. The molecule has 1 saturated heterocycles. The first-order valence-corrected chi connectivity index (χ1v) is 10.4. The van der Waals surface area contributed by atoms with Crippen molar-refractivity contribution >= 4 is 23.2 Å². The topological polar surface area (TPSA) is 75.4 Å². The van der Waals surface area contributed by atoms with E-state index in [-0.39, 0.29) is 17.5 Å². The van der Waals surface area contributed by atoms with Crippen LogP contribution in [-0.2, 0) is 12.8 Å². The van der Waals surface area contributed by atoms with Crippen LogP contribution in [-0.4, -0.2) is 44.8 Å². The zero-order valence-corrected chi connectivity index (χ0v) is 16.6. The monoisotopic (exact) mass is 387 g/mol. The summed E-state index contributed by atoms with van der Waals surface area (Å²) in [6, 6.07) is 2.26. The third-order valence-electron chi connectivity index (χ3n) is 5.91. The van der Waals surface area contributed by atoms with Crippen molar-refractivity contribution in [3.63, 3.8) is 0 Å². The normalized spacial score (nSPS) is 20.5. The fourth-order valence-corrected chi connectivity index (χ4v) is 5.46. The molecule has 4 rings (SSSR count). The standard InChI is InChI=1S/C20H25N3O3S/c1-12-3-4-17-14(9-12)10-18(27-17)19(24)22-7-5-15(6-8-22)23-13(2)16(11-21-23)20(25)26/h10-12,15H,3-9H2,1-2H3,(H,25,26). The fraction of sp³-hybridized carbons (Fsp3) is 0.550. The highest BCUT2D eigenvalue weighted by molar-refractivity contribution is 7.14. The minimum absolute atomic E-state index is 0.143. The Morgan fingerprint density at radius 3 is 2.67 bits per heavy atom. The molecule has 2 aliphatic rings. The number of aromatic carboxylic acids is 1. The molecule has 3 heterocycles. The van der Waals surface area contributed by atoms with Gasteiger partial charge in [-0.05, 0) is 56.6 Å². The number of rotatable bonds is 3. The van der Waals surface area contributed by atoms with Gasteiger partial charge in [0, 0.05) is 18.0 Å². The van der Waals surface area contributed by atoms with Gasteiger partial charge >= 0.3 is 5.97 Å². The van der Waals surface area contributed by atoms with Crippen LogP contribution in [0.5, 0.6) is 0 Å². The van der Waals surface area contributed by atoms with Gasteiger partial charge < -0.3 is 10.0 Å². The highest BCUT2D eigenvalue weighted by atomic mass is 32.1. The van der Waals surface area contributed by atoms with Gasteiger partial charge in [-0.3, -0.25) is 9.48 Å². The molecule has 1 fully saturated rings. The summed E-state index contributed by atoms with van der Waals surface area (Å²) in [7, 11) is 0. The second-order valence-corrected chi connectivity index (χ2v) is 8.96. The Kier molecular flexibility index (Phi) is 4.80. The Hall–Kier alpha value is -2.15. The van der Waals surface area contributed by atoms with Gasteiger partial charge in [0.2, 0.25) is 0 Å². The largest absolute Gasteiger partial charge is 0.478 e. The Labute approximate surface area is 162 Å². The number of carbonyl (C=O) groups excluding carboxylic acids is 1. The smallest absolute Gasteiger partial charge is 0.339 e. The maximum absolute atomic E-state index is 12.9. The van der Waals surface area contributed by atoms with Gasteiger partial charge in [-0.1, -0.05) is 6.92 Å². The predicted molar refractivity (Wildman–Crippen MR) is 104 cm³/mol. The van der Waals surface area contributed by atoms with Crippen molar-refractivity contribution in [1.82, 2.24) is 14.7 Å². The number of aryl methyl sites for hydroxylation is 1. The minimum atomic E-state index is -0.942. The van der Waals surface area contributed by atoms with E-state index >= 15 is 0 Å². The molecule has 1 N–H and O–H groups in total. The number of amides is 1. The molecule has 0 aromatic carbocycles. The van der Waals surface area contributed by atoms with Crippen LogP contribution in [0.2, 0.25) is 0 Å². The van der Waals surface area contributed by atoms with Crippen LogP contribution in [0.15, 0.2) is 12.3 Å². The van der Waals surface area contributed by atoms with Crippen molar-refractivity contribution in [2.45, 2.75) is 52.0 Å². The number of carboxylic acids is 1. The van der Waals surface area contributed by atoms with Gasteiger partial charge in [-0.25, -0.2) is 4.79 Å². The number of hydrogen-bond donors (Lipinski definition) is 1. The highest BCUT2D eigenvalue weighted by Gasteiger charge is 2.29. The molecule has 1 amide bonds. The zero-order chi connectivity index (χ0) is 19.1. The van der Waals surface area contributed by atoms with Crippen LogP contribution in [0.4, 0.5) is 0 Å². The van der Waals surface area contributed by atoms with E-state index in [0.29, 0.717) is 24.7 Å². The summed E-state index contributed by atoms with van der Waals surface area (Å²) < 4.78 is 1.82. The SMILES string of the molecule is Cc1c(C(=O)O)cnn1C1CCN(C(=O)c2cc3c(s2)CCC(C)C3)CC1. The zero-order valence-electron chi connectivity index (χ0n) is 15.8. The number of carbonyl (C=O) groups is 2. The van der Waals surface area contributed by atoms with E-state index < -0.39 is 5.97 Å². The summed E-state index contributed by atoms with van der Waals surface area (Å²) in [5.74, 6) is -0.0925. The van der Waals surface area contributed by atoms with Crippen LogP contribution in [0, 0.1) is 12.8 Å². The summed E-state index contributed by atoms with van der Waals surface area (Å²) >= 11 is 1.67. The lowest BCUT2D eigenvalue weighted by Crippen LogP contribution is -2.39. The molecule has 1 unspecified atom stereocenters. The molecule has 1 aliphatic heterocycles. The van der Waals surface area contributed by atoms with Crippen molar-refractivity contribution in [3.8, 4) is 0 Å². The van der Waals surface area contributed by atoms with Gasteiger partial charge in [0.25, 0.3) is 5.91 Å². The molecule has 0 spiro atoms. The van der Waals surface area contributed by atoms with Crippen LogP contribution >= 0.6 is 11.3 Å². The molecule has 7 heteroatoms. The average Bonchev–Trinajstić information content (AvgIpc) is 3.24. The number of likely N-dealkylation sites (tertiary alicyclic amines) is 1. The van der Waals surface area contributed by atoms with Crippen LogP contribution in [0.3, 0.4) is 0 Å². The number of piperidine rings is 1. The maximum Gasteiger partial charge on any atom is 0.339 e. The van der Waals surface area contributed by atoms with Crippen LogP contribution < -0.4 is 0 Å². The van der Waals surface area contributed by atoms with Crippen LogP contribution in [0.25, 0.3) is 0 Å². The quantitative estimate of drug-likeness (QED) is 0.874. The molecule has 0 radical (unpaired) electrons.